The summed E-state index contributed by atoms with van der Waals surface area (Å²) >= 11 is 0. The number of benzene rings is 1. The molecular formula is C11H8F3N. The van der Waals surface area contributed by atoms with Gasteiger partial charge in [0.25, 0.3) is 0 Å². The highest BCUT2D eigenvalue weighted by Crippen LogP contribution is 2.35. The van der Waals surface area contributed by atoms with Crippen LogP contribution in [0.5, 0.6) is 0 Å². The standard InChI is InChI=1S/C11H8F3N/c1-7-2-3-10(11(12,13)14)9-6-15-5-4-8(7)9/h2-6H,1H3. The van der Waals surface area contributed by atoms with E-state index in [1.807, 2.05) is 0 Å². The Morgan fingerprint density at radius 2 is 1.80 bits per heavy atom. The molecule has 2 aromatic rings. The number of aryl methyl sites for hydroxylation is 1. The van der Waals surface area contributed by atoms with Crippen molar-refractivity contribution in [2.45, 2.75) is 13.1 Å². The Morgan fingerprint density at radius 3 is 2.47 bits per heavy atom. The van der Waals surface area contributed by atoms with Gasteiger partial charge in [-0.15, -0.1) is 0 Å². The van der Waals surface area contributed by atoms with Crippen molar-refractivity contribution >= 4 is 10.8 Å². The van der Waals surface area contributed by atoms with Gasteiger partial charge in [0.15, 0.2) is 0 Å². The minimum atomic E-state index is -4.32. The quantitative estimate of drug-likeness (QED) is 0.649. The molecule has 4 heteroatoms. The van der Waals surface area contributed by atoms with Crippen LogP contribution in [0, 0.1) is 6.92 Å². The topological polar surface area (TPSA) is 12.9 Å². The van der Waals surface area contributed by atoms with Gasteiger partial charge in [-0.05, 0) is 30.0 Å². The number of pyridine rings is 1. The molecule has 0 aliphatic rings. The number of halogens is 3. The first-order valence-electron chi connectivity index (χ1n) is 4.40. The fourth-order valence-corrected chi connectivity index (χ4v) is 1.59. The van der Waals surface area contributed by atoms with Crippen LogP contribution in [0.25, 0.3) is 10.8 Å². The lowest BCUT2D eigenvalue weighted by Crippen LogP contribution is -2.06. The average molecular weight is 211 g/mol. The second kappa shape index (κ2) is 3.22. The second-order valence-corrected chi connectivity index (χ2v) is 3.35. The normalized spacial score (nSPS) is 12.0. The van der Waals surface area contributed by atoms with Gasteiger partial charge in [-0.2, -0.15) is 13.2 Å². The van der Waals surface area contributed by atoms with Gasteiger partial charge in [0, 0.05) is 17.8 Å². The summed E-state index contributed by atoms with van der Waals surface area (Å²) in [6.07, 6.45) is -1.57. The highest BCUT2D eigenvalue weighted by Gasteiger charge is 2.32. The molecule has 15 heavy (non-hydrogen) atoms. The zero-order valence-electron chi connectivity index (χ0n) is 7.97. The summed E-state index contributed by atoms with van der Waals surface area (Å²) in [4.78, 5) is 3.73. The maximum Gasteiger partial charge on any atom is 0.417 e. The SMILES string of the molecule is Cc1ccc(C(F)(F)F)c2cnccc12. The van der Waals surface area contributed by atoms with Crippen LogP contribution in [0.2, 0.25) is 0 Å². The molecule has 2 rings (SSSR count). The lowest BCUT2D eigenvalue weighted by atomic mass is 10.0. The van der Waals surface area contributed by atoms with E-state index in [0.717, 1.165) is 11.6 Å². The van der Waals surface area contributed by atoms with E-state index in [4.69, 9.17) is 0 Å². The Labute approximate surface area is 84.6 Å². The highest BCUT2D eigenvalue weighted by molar-refractivity contribution is 5.88. The zero-order chi connectivity index (χ0) is 11.1. The van der Waals surface area contributed by atoms with E-state index in [2.05, 4.69) is 4.98 Å². The molecule has 0 atom stereocenters. The van der Waals surface area contributed by atoms with E-state index >= 15 is 0 Å². The minimum absolute atomic E-state index is 0.157. The highest BCUT2D eigenvalue weighted by atomic mass is 19.4. The van der Waals surface area contributed by atoms with Gasteiger partial charge in [-0.25, -0.2) is 0 Å². The van der Waals surface area contributed by atoms with Crippen LogP contribution in [0.1, 0.15) is 11.1 Å². The summed E-state index contributed by atoms with van der Waals surface area (Å²) in [5, 5.41) is 0.754. The molecule has 0 saturated carbocycles. The number of nitrogens with zero attached hydrogens (tertiary/aromatic N) is 1. The maximum atomic E-state index is 12.6. The number of rotatable bonds is 0. The van der Waals surface area contributed by atoms with E-state index in [9.17, 15) is 13.2 Å². The third-order valence-electron chi connectivity index (χ3n) is 2.34. The van der Waals surface area contributed by atoms with Crippen molar-refractivity contribution < 1.29 is 13.2 Å². The molecule has 1 nitrogen and oxygen atoms in total. The van der Waals surface area contributed by atoms with E-state index in [0.29, 0.717) is 5.39 Å². The van der Waals surface area contributed by atoms with Gasteiger partial charge >= 0.3 is 6.18 Å². The summed E-state index contributed by atoms with van der Waals surface area (Å²) in [7, 11) is 0. The number of aromatic nitrogens is 1. The molecule has 1 aromatic carbocycles. The van der Waals surface area contributed by atoms with Gasteiger partial charge in [-0.1, -0.05) is 6.07 Å². The lowest BCUT2D eigenvalue weighted by molar-refractivity contribution is -0.136. The van der Waals surface area contributed by atoms with Gasteiger partial charge in [-0.3, -0.25) is 4.98 Å². The fraction of sp³-hybridized carbons (Fsp3) is 0.182. The third-order valence-corrected chi connectivity index (χ3v) is 2.34. The van der Waals surface area contributed by atoms with Crippen LogP contribution in [-0.2, 0) is 6.18 Å². The van der Waals surface area contributed by atoms with Crippen LogP contribution in [0.3, 0.4) is 0 Å². The predicted molar refractivity (Wildman–Crippen MR) is 51.5 cm³/mol. The summed E-state index contributed by atoms with van der Waals surface area (Å²) in [6.45, 7) is 1.78. The summed E-state index contributed by atoms with van der Waals surface area (Å²) in [5.74, 6) is 0. The van der Waals surface area contributed by atoms with Crippen LogP contribution in [0.15, 0.2) is 30.6 Å². The Balaban J connectivity index is 2.84. The van der Waals surface area contributed by atoms with E-state index in [1.165, 1.54) is 18.5 Å². The molecule has 0 fully saturated rings. The molecule has 0 amide bonds. The second-order valence-electron chi connectivity index (χ2n) is 3.35. The summed E-state index contributed by atoms with van der Waals surface area (Å²) in [5.41, 5.74) is 0.191. The van der Waals surface area contributed by atoms with Gasteiger partial charge in [0.1, 0.15) is 0 Å². The van der Waals surface area contributed by atoms with Crippen LogP contribution in [0.4, 0.5) is 13.2 Å². The van der Waals surface area contributed by atoms with Crippen molar-refractivity contribution in [2.75, 3.05) is 0 Å². The maximum absolute atomic E-state index is 12.6. The fourth-order valence-electron chi connectivity index (χ4n) is 1.59. The zero-order valence-corrected chi connectivity index (χ0v) is 7.97. The number of fused-ring (bicyclic) bond motifs is 1. The smallest absolute Gasteiger partial charge is 0.264 e. The lowest BCUT2D eigenvalue weighted by Gasteiger charge is -2.11. The van der Waals surface area contributed by atoms with Crippen molar-refractivity contribution in [2.24, 2.45) is 0 Å². The van der Waals surface area contributed by atoms with Crippen molar-refractivity contribution in [3.63, 3.8) is 0 Å². The molecule has 0 N–H and O–H groups in total. The first-order valence-corrected chi connectivity index (χ1v) is 4.40. The van der Waals surface area contributed by atoms with Crippen LogP contribution in [-0.4, -0.2) is 4.98 Å². The molecule has 0 aliphatic carbocycles. The monoisotopic (exact) mass is 211 g/mol. The number of alkyl halides is 3. The molecule has 78 valence electrons. The number of hydrogen-bond donors (Lipinski definition) is 0. The Kier molecular flexibility index (Phi) is 2.14. The van der Waals surface area contributed by atoms with E-state index in [1.54, 1.807) is 13.0 Å². The molecule has 0 aliphatic heterocycles. The van der Waals surface area contributed by atoms with E-state index < -0.39 is 11.7 Å². The minimum Gasteiger partial charge on any atom is -0.264 e. The molecule has 0 bridgehead atoms. The predicted octanol–water partition coefficient (Wildman–Crippen LogP) is 3.56. The van der Waals surface area contributed by atoms with Crippen molar-refractivity contribution in [1.82, 2.24) is 4.98 Å². The Bertz CT molecular complexity index is 503. The molecule has 0 saturated heterocycles. The van der Waals surface area contributed by atoms with E-state index in [-0.39, 0.29) is 5.39 Å². The largest absolute Gasteiger partial charge is 0.417 e. The van der Waals surface area contributed by atoms with Crippen LogP contribution < -0.4 is 0 Å². The molecule has 0 unspecified atom stereocenters. The molecule has 1 aromatic heterocycles. The van der Waals surface area contributed by atoms with Crippen molar-refractivity contribution in [3.8, 4) is 0 Å². The van der Waals surface area contributed by atoms with Gasteiger partial charge in [0.05, 0.1) is 5.56 Å². The molecule has 0 radical (unpaired) electrons. The van der Waals surface area contributed by atoms with Crippen molar-refractivity contribution in [3.05, 3.63) is 41.7 Å². The van der Waals surface area contributed by atoms with Gasteiger partial charge < -0.3 is 0 Å². The molecular weight excluding hydrogens is 203 g/mol. The Morgan fingerprint density at radius 1 is 1.07 bits per heavy atom. The summed E-state index contributed by atoms with van der Waals surface area (Å²) < 4.78 is 37.9. The molecule has 1 heterocycles. The number of hydrogen-bond acceptors (Lipinski definition) is 1. The third kappa shape index (κ3) is 1.67. The van der Waals surface area contributed by atoms with Crippen molar-refractivity contribution in [1.29, 1.82) is 0 Å². The van der Waals surface area contributed by atoms with Crippen LogP contribution >= 0.6 is 0 Å². The summed E-state index contributed by atoms with van der Waals surface area (Å²) in [6, 6.07) is 4.17. The molecule has 0 spiro atoms. The average Bonchev–Trinajstić information content (AvgIpc) is 2.17. The Hall–Kier alpha value is -1.58. The first kappa shape index (κ1) is 9.96. The first-order chi connectivity index (χ1) is 7.00. The van der Waals surface area contributed by atoms with Gasteiger partial charge in [0.2, 0.25) is 0 Å².